The maximum absolute atomic E-state index is 11.8. The fourth-order valence-electron chi connectivity index (χ4n) is 1.32. The number of phenolic OH excluding ortho intramolecular Hbond substituents is 1. The van der Waals surface area contributed by atoms with E-state index in [1.807, 2.05) is 0 Å². The van der Waals surface area contributed by atoms with Crippen molar-refractivity contribution < 1.29 is 13.5 Å². The molecule has 4 nitrogen and oxygen atoms in total. The number of nitrogens with one attached hydrogen (secondary N) is 1. The summed E-state index contributed by atoms with van der Waals surface area (Å²) in [5, 5.41) is 11.2. The average molecular weight is 269 g/mol. The Morgan fingerprint density at radius 1 is 1.18 bits per heavy atom. The number of benzene rings is 1. The van der Waals surface area contributed by atoms with Crippen LogP contribution in [0, 0.1) is 0 Å². The third-order valence-corrected chi connectivity index (χ3v) is 5.00. The number of sulfonamides is 1. The Hall–Kier alpha value is -1.37. The normalized spacial score (nSPS) is 11.5. The molecule has 0 atom stereocenters. The predicted molar refractivity (Wildman–Crippen MR) is 66.5 cm³/mol. The van der Waals surface area contributed by atoms with Gasteiger partial charge in [0, 0.05) is 12.1 Å². The van der Waals surface area contributed by atoms with Crippen LogP contribution in [-0.2, 0) is 16.6 Å². The molecule has 0 spiro atoms. The van der Waals surface area contributed by atoms with E-state index in [1.165, 1.54) is 12.1 Å². The summed E-state index contributed by atoms with van der Waals surface area (Å²) in [6.45, 7) is 0.0763. The number of thiophene rings is 1. The van der Waals surface area contributed by atoms with Gasteiger partial charge in [-0.15, -0.1) is 11.3 Å². The van der Waals surface area contributed by atoms with Crippen LogP contribution in [0.2, 0.25) is 0 Å². The topological polar surface area (TPSA) is 66.4 Å². The van der Waals surface area contributed by atoms with Crippen LogP contribution in [0.1, 0.15) is 5.56 Å². The molecule has 2 N–H and O–H groups in total. The van der Waals surface area contributed by atoms with Crippen LogP contribution in [0.5, 0.6) is 5.75 Å². The molecule has 0 saturated carbocycles. The fraction of sp³-hybridized carbons (Fsp3) is 0.0909. The van der Waals surface area contributed by atoms with Gasteiger partial charge in [0.15, 0.2) is 0 Å². The van der Waals surface area contributed by atoms with Crippen LogP contribution in [0.3, 0.4) is 0 Å². The van der Waals surface area contributed by atoms with Gasteiger partial charge in [0.05, 0.1) is 0 Å². The van der Waals surface area contributed by atoms with Crippen molar-refractivity contribution in [3.05, 3.63) is 47.3 Å². The molecule has 1 aromatic heterocycles. The van der Waals surface area contributed by atoms with Gasteiger partial charge in [-0.25, -0.2) is 13.1 Å². The zero-order chi connectivity index (χ0) is 12.3. The second-order valence-electron chi connectivity index (χ2n) is 3.39. The van der Waals surface area contributed by atoms with E-state index in [9.17, 15) is 13.5 Å². The van der Waals surface area contributed by atoms with E-state index in [1.54, 1.807) is 29.6 Å². The number of phenols is 1. The van der Waals surface area contributed by atoms with E-state index in [4.69, 9.17) is 0 Å². The molecule has 1 aromatic carbocycles. The summed E-state index contributed by atoms with van der Waals surface area (Å²) in [5.74, 6) is 0.0846. The minimum Gasteiger partial charge on any atom is -0.508 e. The van der Waals surface area contributed by atoms with Crippen LogP contribution in [0.15, 0.2) is 46.0 Å². The molecule has 17 heavy (non-hydrogen) atoms. The van der Waals surface area contributed by atoms with Crippen LogP contribution >= 0.6 is 11.3 Å². The average Bonchev–Trinajstić information content (AvgIpc) is 2.82. The van der Waals surface area contributed by atoms with Gasteiger partial charge < -0.3 is 5.11 Å². The van der Waals surface area contributed by atoms with Crippen molar-refractivity contribution >= 4 is 21.4 Å². The van der Waals surface area contributed by atoms with E-state index in [0.717, 1.165) is 11.3 Å². The third-order valence-electron chi connectivity index (χ3n) is 2.20. The predicted octanol–water partition coefficient (Wildman–Crippen LogP) is 1.93. The summed E-state index contributed by atoms with van der Waals surface area (Å²) in [6.07, 6.45) is 0. The lowest BCUT2D eigenvalue weighted by molar-refractivity contribution is 0.467. The SMILES string of the molecule is O=S(=O)(NCc1ccccc1O)c1cccs1. The highest BCUT2D eigenvalue weighted by Crippen LogP contribution is 2.18. The van der Waals surface area contributed by atoms with Crippen molar-refractivity contribution in [2.75, 3.05) is 0 Å². The summed E-state index contributed by atoms with van der Waals surface area (Å²) in [4.78, 5) is 0. The third kappa shape index (κ3) is 2.85. The molecular formula is C11H11NO3S2. The lowest BCUT2D eigenvalue weighted by Gasteiger charge is -2.06. The van der Waals surface area contributed by atoms with Crippen LogP contribution in [-0.4, -0.2) is 13.5 Å². The van der Waals surface area contributed by atoms with Crippen molar-refractivity contribution in [2.45, 2.75) is 10.8 Å². The Balaban J connectivity index is 2.12. The highest BCUT2D eigenvalue weighted by Gasteiger charge is 2.14. The Morgan fingerprint density at radius 2 is 1.94 bits per heavy atom. The van der Waals surface area contributed by atoms with E-state index in [2.05, 4.69) is 4.72 Å². The second-order valence-corrected chi connectivity index (χ2v) is 6.33. The van der Waals surface area contributed by atoms with Crippen molar-refractivity contribution in [3.8, 4) is 5.75 Å². The molecule has 0 aliphatic rings. The zero-order valence-corrected chi connectivity index (χ0v) is 10.5. The molecule has 90 valence electrons. The standard InChI is InChI=1S/C11H11NO3S2/c13-10-5-2-1-4-9(10)8-12-17(14,15)11-6-3-7-16-11/h1-7,12-13H,8H2. The van der Waals surface area contributed by atoms with Gasteiger partial charge in [-0.2, -0.15) is 0 Å². The highest BCUT2D eigenvalue weighted by molar-refractivity contribution is 7.91. The first-order valence-electron chi connectivity index (χ1n) is 4.89. The fourth-order valence-corrected chi connectivity index (χ4v) is 3.36. The molecular weight excluding hydrogens is 258 g/mol. The summed E-state index contributed by atoms with van der Waals surface area (Å²) in [7, 11) is -3.47. The van der Waals surface area contributed by atoms with Crippen molar-refractivity contribution in [3.63, 3.8) is 0 Å². The maximum Gasteiger partial charge on any atom is 0.250 e. The lowest BCUT2D eigenvalue weighted by atomic mass is 10.2. The summed E-state index contributed by atoms with van der Waals surface area (Å²) in [6, 6.07) is 9.85. The molecule has 0 amide bonds. The van der Waals surface area contributed by atoms with Gasteiger partial charge in [-0.05, 0) is 17.5 Å². The van der Waals surface area contributed by atoms with Gasteiger partial charge in [-0.3, -0.25) is 0 Å². The first-order chi connectivity index (χ1) is 8.09. The zero-order valence-electron chi connectivity index (χ0n) is 8.83. The molecule has 1 heterocycles. The van der Waals surface area contributed by atoms with Crippen LogP contribution < -0.4 is 4.72 Å². The van der Waals surface area contributed by atoms with Gasteiger partial charge in [0.1, 0.15) is 9.96 Å². The lowest BCUT2D eigenvalue weighted by Crippen LogP contribution is -2.22. The Labute approximate surface area is 104 Å². The smallest absolute Gasteiger partial charge is 0.250 e. The quantitative estimate of drug-likeness (QED) is 0.891. The van der Waals surface area contributed by atoms with Crippen molar-refractivity contribution in [2.24, 2.45) is 0 Å². The number of rotatable bonds is 4. The second kappa shape index (κ2) is 4.87. The van der Waals surface area contributed by atoms with Crippen molar-refractivity contribution in [1.29, 1.82) is 0 Å². The minimum atomic E-state index is -3.47. The van der Waals surface area contributed by atoms with Gasteiger partial charge in [-0.1, -0.05) is 24.3 Å². The maximum atomic E-state index is 11.8. The van der Waals surface area contributed by atoms with Gasteiger partial charge >= 0.3 is 0 Å². The van der Waals surface area contributed by atoms with E-state index in [0.29, 0.717) is 5.56 Å². The summed E-state index contributed by atoms with van der Waals surface area (Å²) < 4.78 is 26.3. The van der Waals surface area contributed by atoms with Crippen LogP contribution in [0.4, 0.5) is 0 Å². The monoisotopic (exact) mass is 269 g/mol. The molecule has 0 fully saturated rings. The summed E-state index contributed by atoms with van der Waals surface area (Å²) >= 11 is 1.16. The molecule has 0 bridgehead atoms. The summed E-state index contributed by atoms with van der Waals surface area (Å²) in [5.41, 5.74) is 0.549. The number of para-hydroxylation sites is 1. The highest BCUT2D eigenvalue weighted by atomic mass is 32.2. The molecule has 2 aromatic rings. The van der Waals surface area contributed by atoms with E-state index >= 15 is 0 Å². The molecule has 0 radical (unpaired) electrons. The van der Waals surface area contributed by atoms with E-state index < -0.39 is 10.0 Å². The van der Waals surface area contributed by atoms with Crippen LogP contribution in [0.25, 0.3) is 0 Å². The molecule has 0 saturated heterocycles. The Bertz CT molecular complexity index is 591. The largest absolute Gasteiger partial charge is 0.508 e. The van der Waals surface area contributed by atoms with Gasteiger partial charge in [0.2, 0.25) is 10.0 Å². The Morgan fingerprint density at radius 3 is 2.59 bits per heavy atom. The first-order valence-corrected chi connectivity index (χ1v) is 7.26. The minimum absolute atomic E-state index is 0.0763. The molecule has 6 heteroatoms. The van der Waals surface area contributed by atoms with Crippen molar-refractivity contribution in [1.82, 2.24) is 4.72 Å². The molecule has 0 aliphatic heterocycles. The number of aromatic hydroxyl groups is 1. The number of hydrogen-bond acceptors (Lipinski definition) is 4. The first kappa shape index (κ1) is 12.1. The Kier molecular flexibility index (Phi) is 3.46. The molecule has 0 unspecified atom stereocenters. The number of hydrogen-bond donors (Lipinski definition) is 2. The van der Waals surface area contributed by atoms with Gasteiger partial charge in [0.25, 0.3) is 0 Å². The van der Waals surface area contributed by atoms with E-state index in [-0.39, 0.29) is 16.5 Å². The molecule has 2 rings (SSSR count). The molecule has 0 aliphatic carbocycles.